The number of ether oxygens (including phenoxy) is 1. The van der Waals surface area contributed by atoms with Crippen molar-refractivity contribution in [1.29, 1.82) is 0 Å². The van der Waals surface area contributed by atoms with Gasteiger partial charge in [-0.3, -0.25) is 4.57 Å². The van der Waals surface area contributed by atoms with E-state index in [0.717, 1.165) is 0 Å². The van der Waals surface area contributed by atoms with Gasteiger partial charge in [-0.2, -0.15) is 0 Å². The van der Waals surface area contributed by atoms with E-state index in [1.807, 2.05) is 0 Å². The molecule has 0 spiro atoms. The normalized spacial score (nSPS) is 25.8. The SMILES string of the molecule is [N-]=[N+]=NC[C@H]1O[C@@H](n2cnc3c(N)ncnc32)CC1O. The second-order valence-corrected chi connectivity index (χ2v) is 4.43. The van der Waals surface area contributed by atoms with Crippen LogP contribution in [0.3, 0.4) is 0 Å². The highest BCUT2D eigenvalue weighted by molar-refractivity contribution is 5.81. The second kappa shape index (κ2) is 4.93. The summed E-state index contributed by atoms with van der Waals surface area (Å²) in [4.78, 5) is 14.8. The van der Waals surface area contributed by atoms with E-state index in [2.05, 4.69) is 25.0 Å². The zero-order valence-electron chi connectivity index (χ0n) is 10.4. The van der Waals surface area contributed by atoms with Crippen molar-refractivity contribution < 1.29 is 9.84 Å². The number of nitrogens with two attached hydrogens (primary N) is 1. The molecule has 1 unspecified atom stereocenters. The number of nitrogen functional groups attached to an aromatic ring is 1. The van der Waals surface area contributed by atoms with Crippen LogP contribution in [-0.2, 0) is 4.74 Å². The first kappa shape index (κ1) is 12.6. The minimum atomic E-state index is -0.706. The summed E-state index contributed by atoms with van der Waals surface area (Å²) in [5.41, 5.74) is 15.1. The molecule has 1 saturated heterocycles. The standard InChI is InChI=1S/C10H12N8O2/c11-9-8-10(14-3-13-9)18(4-15-8)7-1-5(19)6(20-7)2-16-17-12/h3-7,19H,1-2H2,(H2,11,13,14)/t5?,6-,7-/m1/s1. The first-order valence-corrected chi connectivity index (χ1v) is 5.98. The molecule has 3 N–H and O–H groups in total. The summed E-state index contributed by atoms with van der Waals surface area (Å²) in [5, 5.41) is 13.3. The molecule has 2 aromatic heterocycles. The average molecular weight is 276 g/mol. The minimum absolute atomic E-state index is 0.0813. The van der Waals surface area contributed by atoms with Gasteiger partial charge < -0.3 is 15.6 Å². The first-order valence-electron chi connectivity index (χ1n) is 5.98. The molecular weight excluding hydrogens is 264 g/mol. The summed E-state index contributed by atoms with van der Waals surface area (Å²) in [5.74, 6) is 0.290. The van der Waals surface area contributed by atoms with Crippen molar-refractivity contribution in [3.63, 3.8) is 0 Å². The summed E-state index contributed by atoms with van der Waals surface area (Å²) >= 11 is 0. The zero-order chi connectivity index (χ0) is 14.1. The van der Waals surface area contributed by atoms with Crippen LogP contribution in [0.25, 0.3) is 21.6 Å². The number of aliphatic hydroxyl groups excluding tert-OH is 1. The largest absolute Gasteiger partial charge is 0.390 e. The average Bonchev–Trinajstić information content (AvgIpc) is 3.01. The van der Waals surface area contributed by atoms with Crippen molar-refractivity contribution in [3.8, 4) is 0 Å². The van der Waals surface area contributed by atoms with Crippen LogP contribution in [0.4, 0.5) is 5.82 Å². The molecule has 0 saturated carbocycles. The molecule has 10 heteroatoms. The molecule has 1 aliphatic rings. The first-order chi connectivity index (χ1) is 9.70. The highest BCUT2D eigenvalue weighted by Crippen LogP contribution is 2.31. The lowest BCUT2D eigenvalue weighted by atomic mass is 10.2. The molecule has 3 atom stereocenters. The molecule has 1 fully saturated rings. The summed E-state index contributed by atoms with van der Waals surface area (Å²) in [6, 6.07) is 0. The van der Waals surface area contributed by atoms with Crippen molar-refractivity contribution in [2.45, 2.75) is 24.9 Å². The van der Waals surface area contributed by atoms with E-state index in [-0.39, 0.29) is 12.4 Å². The Kier molecular flexibility index (Phi) is 3.11. The molecule has 104 valence electrons. The molecule has 0 amide bonds. The number of hydrogen-bond donors (Lipinski definition) is 2. The molecule has 20 heavy (non-hydrogen) atoms. The number of rotatable bonds is 3. The van der Waals surface area contributed by atoms with Gasteiger partial charge in [-0.1, -0.05) is 5.11 Å². The minimum Gasteiger partial charge on any atom is -0.390 e. The maximum atomic E-state index is 9.91. The van der Waals surface area contributed by atoms with Gasteiger partial charge in [0.1, 0.15) is 18.1 Å². The fraction of sp³-hybridized carbons (Fsp3) is 0.500. The third-order valence-corrected chi connectivity index (χ3v) is 3.23. The van der Waals surface area contributed by atoms with E-state index in [9.17, 15) is 5.11 Å². The zero-order valence-corrected chi connectivity index (χ0v) is 10.4. The van der Waals surface area contributed by atoms with Crippen LogP contribution < -0.4 is 5.73 Å². The third-order valence-electron chi connectivity index (χ3n) is 3.23. The van der Waals surface area contributed by atoms with E-state index in [1.54, 1.807) is 10.9 Å². The monoisotopic (exact) mass is 276 g/mol. The summed E-state index contributed by atoms with van der Waals surface area (Å²) in [6.07, 6.45) is 1.58. The Balaban J connectivity index is 1.89. The van der Waals surface area contributed by atoms with Crippen molar-refractivity contribution in [3.05, 3.63) is 23.1 Å². The smallest absolute Gasteiger partial charge is 0.167 e. The predicted octanol–water partition coefficient (Wildman–Crippen LogP) is 0.367. The number of aromatic nitrogens is 4. The van der Waals surface area contributed by atoms with Crippen molar-refractivity contribution in [2.75, 3.05) is 12.3 Å². The maximum Gasteiger partial charge on any atom is 0.167 e. The van der Waals surface area contributed by atoms with Gasteiger partial charge >= 0.3 is 0 Å². The number of fused-ring (bicyclic) bond motifs is 1. The topological polar surface area (TPSA) is 148 Å². The Morgan fingerprint density at radius 3 is 3.20 bits per heavy atom. The lowest BCUT2D eigenvalue weighted by Gasteiger charge is -2.13. The van der Waals surface area contributed by atoms with Crippen molar-refractivity contribution in [2.24, 2.45) is 5.11 Å². The Hall–Kier alpha value is -2.42. The molecular formula is C10H12N8O2. The second-order valence-electron chi connectivity index (χ2n) is 4.43. The molecule has 0 aromatic carbocycles. The Morgan fingerprint density at radius 2 is 2.40 bits per heavy atom. The fourth-order valence-corrected chi connectivity index (χ4v) is 2.25. The number of azide groups is 1. The van der Waals surface area contributed by atoms with Crippen molar-refractivity contribution in [1.82, 2.24) is 19.5 Å². The summed E-state index contributed by atoms with van der Waals surface area (Å²) in [7, 11) is 0. The molecule has 3 heterocycles. The maximum absolute atomic E-state index is 9.91. The Labute approximate surface area is 112 Å². The van der Waals surface area contributed by atoms with Gasteiger partial charge in [-0.05, 0) is 5.53 Å². The quantitative estimate of drug-likeness (QED) is 0.470. The third kappa shape index (κ3) is 2.01. The number of aliphatic hydroxyl groups is 1. The fourth-order valence-electron chi connectivity index (χ4n) is 2.25. The van der Waals surface area contributed by atoms with Crippen LogP contribution in [-0.4, -0.2) is 43.4 Å². The van der Waals surface area contributed by atoms with Gasteiger partial charge in [0.25, 0.3) is 0 Å². The number of imidazole rings is 1. The van der Waals surface area contributed by atoms with Crippen LogP contribution in [0.15, 0.2) is 17.8 Å². The lowest BCUT2D eigenvalue weighted by molar-refractivity contribution is -0.0114. The molecule has 10 nitrogen and oxygen atoms in total. The van der Waals surface area contributed by atoms with Crippen LogP contribution in [0.1, 0.15) is 12.6 Å². The van der Waals surface area contributed by atoms with Gasteiger partial charge in [-0.25, -0.2) is 15.0 Å². The predicted molar refractivity (Wildman–Crippen MR) is 68.3 cm³/mol. The van der Waals surface area contributed by atoms with E-state index in [0.29, 0.717) is 17.6 Å². The number of nitrogens with zero attached hydrogens (tertiary/aromatic N) is 7. The van der Waals surface area contributed by atoms with Crippen molar-refractivity contribution >= 4 is 17.0 Å². The van der Waals surface area contributed by atoms with E-state index < -0.39 is 18.4 Å². The van der Waals surface area contributed by atoms with Crippen LogP contribution >= 0.6 is 0 Å². The molecule has 1 aliphatic heterocycles. The summed E-state index contributed by atoms with van der Waals surface area (Å²) in [6.45, 7) is 0.0813. The highest BCUT2D eigenvalue weighted by Gasteiger charge is 2.35. The van der Waals surface area contributed by atoms with Gasteiger partial charge in [-0.15, -0.1) is 0 Å². The van der Waals surface area contributed by atoms with Gasteiger partial charge in [0, 0.05) is 11.3 Å². The number of hydrogen-bond acceptors (Lipinski definition) is 7. The Bertz CT molecular complexity index is 679. The molecule has 3 rings (SSSR count). The summed E-state index contributed by atoms with van der Waals surface area (Å²) < 4.78 is 7.36. The molecule has 2 aromatic rings. The highest BCUT2D eigenvalue weighted by atomic mass is 16.5. The molecule has 0 aliphatic carbocycles. The lowest BCUT2D eigenvalue weighted by Crippen LogP contribution is -2.23. The van der Waals surface area contributed by atoms with Crippen LogP contribution in [0, 0.1) is 0 Å². The molecule has 0 bridgehead atoms. The number of anilines is 1. The van der Waals surface area contributed by atoms with Crippen LogP contribution in [0.5, 0.6) is 0 Å². The van der Waals surface area contributed by atoms with Crippen LogP contribution in [0.2, 0.25) is 0 Å². The van der Waals surface area contributed by atoms with Gasteiger partial charge in [0.15, 0.2) is 11.5 Å². The van der Waals surface area contributed by atoms with Gasteiger partial charge in [0.05, 0.1) is 25.1 Å². The van der Waals surface area contributed by atoms with E-state index in [1.165, 1.54) is 6.33 Å². The van der Waals surface area contributed by atoms with E-state index in [4.69, 9.17) is 16.0 Å². The molecule has 0 radical (unpaired) electrons. The van der Waals surface area contributed by atoms with E-state index >= 15 is 0 Å². The Morgan fingerprint density at radius 1 is 1.55 bits per heavy atom. The van der Waals surface area contributed by atoms with Gasteiger partial charge in [0.2, 0.25) is 0 Å².